The molecule has 2 aromatic rings. The number of benzene rings is 2. The number of hydrogen-bond donors (Lipinski definition) is 1. The van der Waals surface area contributed by atoms with Crippen LogP contribution in [0.15, 0.2) is 40.9 Å². The van der Waals surface area contributed by atoms with Crippen molar-refractivity contribution >= 4 is 33.4 Å². The molecule has 6 heteroatoms. The van der Waals surface area contributed by atoms with Crippen LogP contribution in [0.1, 0.15) is 24.1 Å². The number of hydrogen-bond acceptors (Lipinski definition) is 3. The van der Waals surface area contributed by atoms with E-state index in [1.54, 1.807) is 26.4 Å². The number of amides is 1. The van der Waals surface area contributed by atoms with E-state index in [2.05, 4.69) is 21.2 Å². The molecule has 2 rings (SSSR count). The maximum atomic E-state index is 12.3. The Morgan fingerprint density at radius 3 is 2.33 bits per heavy atom. The Hall–Kier alpha value is -1.72. The fourth-order valence-corrected chi connectivity index (χ4v) is 2.92. The van der Waals surface area contributed by atoms with Crippen LogP contribution in [0, 0.1) is 0 Å². The van der Waals surface area contributed by atoms with E-state index in [0.29, 0.717) is 16.5 Å². The van der Waals surface area contributed by atoms with Crippen LogP contribution in [-0.2, 0) is 11.2 Å². The van der Waals surface area contributed by atoms with Gasteiger partial charge in [-0.2, -0.15) is 0 Å². The summed E-state index contributed by atoms with van der Waals surface area (Å²) in [6, 6.07) is 10.9. The van der Waals surface area contributed by atoms with Gasteiger partial charge in [-0.1, -0.05) is 39.7 Å². The molecule has 0 saturated heterocycles. The second-order valence-corrected chi connectivity index (χ2v) is 6.61. The van der Waals surface area contributed by atoms with Crippen LogP contribution >= 0.6 is 27.5 Å². The van der Waals surface area contributed by atoms with Gasteiger partial charge in [-0.25, -0.2) is 0 Å². The minimum Gasteiger partial charge on any atom is -0.493 e. The molecule has 0 aromatic heterocycles. The zero-order chi connectivity index (χ0) is 17.7. The van der Waals surface area contributed by atoms with Crippen molar-refractivity contribution in [3.63, 3.8) is 0 Å². The summed E-state index contributed by atoms with van der Waals surface area (Å²) in [7, 11) is 3.14. The van der Waals surface area contributed by atoms with E-state index in [0.717, 1.165) is 15.6 Å². The average molecular weight is 413 g/mol. The molecule has 0 spiro atoms. The zero-order valence-corrected chi connectivity index (χ0v) is 16.1. The van der Waals surface area contributed by atoms with Crippen LogP contribution in [0.4, 0.5) is 0 Å². The van der Waals surface area contributed by atoms with E-state index in [1.165, 1.54) is 0 Å². The molecule has 0 saturated carbocycles. The number of carbonyl (C=O) groups excluding carboxylic acids is 1. The van der Waals surface area contributed by atoms with Crippen molar-refractivity contribution in [2.24, 2.45) is 0 Å². The lowest BCUT2D eigenvalue weighted by Crippen LogP contribution is -2.28. The van der Waals surface area contributed by atoms with E-state index in [1.807, 2.05) is 31.2 Å². The summed E-state index contributed by atoms with van der Waals surface area (Å²) in [4.78, 5) is 12.3. The number of rotatable bonds is 6. The van der Waals surface area contributed by atoms with E-state index in [-0.39, 0.29) is 18.4 Å². The minimum absolute atomic E-state index is 0.0784. The van der Waals surface area contributed by atoms with Gasteiger partial charge in [0.15, 0.2) is 11.5 Å². The highest BCUT2D eigenvalue weighted by Gasteiger charge is 2.15. The highest BCUT2D eigenvalue weighted by Crippen LogP contribution is 2.33. The zero-order valence-electron chi connectivity index (χ0n) is 13.7. The van der Waals surface area contributed by atoms with Crippen molar-refractivity contribution < 1.29 is 14.3 Å². The molecule has 1 atom stereocenters. The average Bonchev–Trinajstić information content (AvgIpc) is 2.56. The van der Waals surface area contributed by atoms with Crippen LogP contribution in [0.2, 0.25) is 5.02 Å². The molecular formula is C18H19BrClNO3. The van der Waals surface area contributed by atoms with Gasteiger partial charge in [-0.05, 0) is 42.3 Å². The number of ether oxygens (including phenoxy) is 2. The van der Waals surface area contributed by atoms with E-state index in [9.17, 15) is 4.79 Å². The summed E-state index contributed by atoms with van der Waals surface area (Å²) < 4.78 is 11.3. The Bertz CT molecular complexity index is 719. The fourth-order valence-electron chi connectivity index (χ4n) is 2.33. The summed E-state index contributed by atoms with van der Waals surface area (Å²) in [6.07, 6.45) is 0.235. The Morgan fingerprint density at radius 2 is 1.75 bits per heavy atom. The Balaban J connectivity index is 2.08. The van der Waals surface area contributed by atoms with Crippen LogP contribution in [-0.4, -0.2) is 20.1 Å². The smallest absolute Gasteiger partial charge is 0.224 e. The largest absolute Gasteiger partial charge is 0.493 e. The first kappa shape index (κ1) is 18.6. The third-order valence-corrected chi connectivity index (χ3v) is 4.64. The van der Waals surface area contributed by atoms with Crippen molar-refractivity contribution in [1.82, 2.24) is 5.32 Å². The van der Waals surface area contributed by atoms with Gasteiger partial charge in [-0.15, -0.1) is 0 Å². The summed E-state index contributed by atoms with van der Waals surface area (Å²) >= 11 is 9.35. The van der Waals surface area contributed by atoms with Gasteiger partial charge >= 0.3 is 0 Å². The van der Waals surface area contributed by atoms with E-state index in [4.69, 9.17) is 21.1 Å². The minimum atomic E-state index is -0.103. The maximum Gasteiger partial charge on any atom is 0.224 e. The number of methoxy groups -OCH3 is 2. The molecule has 4 nitrogen and oxygen atoms in total. The molecule has 0 unspecified atom stereocenters. The molecule has 128 valence electrons. The quantitative estimate of drug-likeness (QED) is 0.758. The summed E-state index contributed by atoms with van der Waals surface area (Å²) in [5, 5.41) is 3.66. The van der Waals surface area contributed by atoms with Crippen LogP contribution in [0.3, 0.4) is 0 Å². The van der Waals surface area contributed by atoms with Gasteiger partial charge < -0.3 is 14.8 Å². The van der Waals surface area contributed by atoms with Gasteiger partial charge in [0.2, 0.25) is 5.91 Å². The standard InChI is InChI=1S/C18H19BrClNO3/c1-11(12-4-6-14(20)7-5-12)21-18(22)9-13-8-16(23-2)17(24-3)10-15(13)19/h4-8,10-11H,9H2,1-3H3,(H,21,22)/t11-/m0/s1. The van der Waals surface area contributed by atoms with Crippen molar-refractivity contribution in [2.75, 3.05) is 14.2 Å². The molecule has 0 aliphatic heterocycles. The van der Waals surface area contributed by atoms with Crippen molar-refractivity contribution in [3.05, 3.63) is 57.0 Å². The second kappa shape index (κ2) is 8.40. The molecule has 1 N–H and O–H groups in total. The molecule has 24 heavy (non-hydrogen) atoms. The number of carbonyl (C=O) groups is 1. The molecule has 0 aliphatic rings. The van der Waals surface area contributed by atoms with Crippen molar-refractivity contribution in [1.29, 1.82) is 0 Å². The normalized spacial score (nSPS) is 11.7. The summed E-state index contributed by atoms with van der Waals surface area (Å²) in [5.74, 6) is 1.13. The van der Waals surface area contributed by atoms with Gasteiger partial charge in [-0.3, -0.25) is 4.79 Å². The topological polar surface area (TPSA) is 47.6 Å². The van der Waals surface area contributed by atoms with Gasteiger partial charge in [0.05, 0.1) is 26.7 Å². The summed E-state index contributed by atoms with van der Waals surface area (Å²) in [5.41, 5.74) is 1.83. The Labute approximate surface area is 155 Å². The van der Waals surface area contributed by atoms with Gasteiger partial charge in [0.25, 0.3) is 0 Å². The monoisotopic (exact) mass is 411 g/mol. The van der Waals surface area contributed by atoms with Gasteiger partial charge in [0.1, 0.15) is 0 Å². The molecule has 0 bridgehead atoms. The predicted octanol–water partition coefficient (Wildman–Crippen LogP) is 4.54. The first-order chi connectivity index (χ1) is 11.4. The van der Waals surface area contributed by atoms with Crippen LogP contribution in [0.25, 0.3) is 0 Å². The Morgan fingerprint density at radius 1 is 1.17 bits per heavy atom. The van der Waals surface area contributed by atoms with E-state index >= 15 is 0 Å². The highest BCUT2D eigenvalue weighted by atomic mass is 79.9. The van der Waals surface area contributed by atoms with Gasteiger partial charge in [0, 0.05) is 9.50 Å². The van der Waals surface area contributed by atoms with Crippen LogP contribution < -0.4 is 14.8 Å². The number of halogens is 2. The summed E-state index contributed by atoms with van der Waals surface area (Å²) in [6.45, 7) is 1.94. The van der Waals surface area contributed by atoms with Crippen LogP contribution in [0.5, 0.6) is 11.5 Å². The molecule has 0 radical (unpaired) electrons. The Kier molecular flexibility index (Phi) is 6.52. The van der Waals surface area contributed by atoms with E-state index < -0.39 is 0 Å². The second-order valence-electron chi connectivity index (χ2n) is 5.32. The molecular weight excluding hydrogens is 394 g/mol. The SMILES string of the molecule is COc1cc(Br)c(CC(=O)N[C@@H](C)c2ccc(Cl)cc2)cc1OC. The first-order valence-corrected chi connectivity index (χ1v) is 8.57. The fraction of sp³-hybridized carbons (Fsp3) is 0.278. The lowest BCUT2D eigenvalue weighted by molar-refractivity contribution is -0.121. The maximum absolute atomic E-state index is 12.3. The third-order valence-electron chi connectivity index (χ3n) is 3.65. The first-order valence-electron chi connectivity index (χ1n) is 7.39. The lowest BCUT2D eigenvalue weighted by atomic mass is 10.1. The third kappa shape index (κ3) is 4.65. The number of nitrogens with one attached hydrogen (secondary N) is 1. The molecule has 0 fully saturated rings. The molecule has 2 aromatic carbocycles. The highest BCUT2D eigenvalue weighted by molar-refractivity contribution is 9.10. The molecule has 0 heterocycles. The molecule has 1 amide bonds. The molecule has 0 aliphatic carbocycles. The lowest BCUT2D eigenvalue weighted by Gasteiger charge is -2.16. The van der Waals surface area contributed by atoms with Crippen molar-refractivity contribution in [3.8, 4) is 11.5 Å². The van der Waals surface area contributed by atoms with Crippen molar-refractivity contribution in [2.45, 2.75) is 19.4 Å². The predicted molar refractivity (Wildman–Crippen MR) is 99.0 cm³/mol.